The molecule has 0 aromatic rings. The van der Waals surface area contributed by atoms with Gasteiger partial charge in [0.05, 0.1) is 0 Å². The molecule has 0 fully saturated rings. The van der Waals surface area contributed by atoms with E-state index in [9.17, 15) is 0 Å². The first kappa shape index (κ1) is 21.5. The van der Waals surface area contributed by atoms with E-state index in [1.165, 1.54) is 96.3 Å². The predicted octanol–water partition coefficient (Wildman–Crippen LogP) is 8.28. The van der Waals surface area contributed by atoms with Gasteiger partial charge in [-0.25, -0.2) is 0 Å². The molecule has 0 saturated carbocycles. The molecule has 1 heteroatoms. The van der Waals surface area contributed by atoms with Gasteiger partial charge < -0.3 is 0 Å². The monoisotopic (exact) mass is 360 g/mol. The maximum Gasteiger partial charge on any atom is 0.00826 e. The lowest BCUT2D eigenvalue weighted by Crippen LogP contribution is -2.12. The molecule has 0 N–H and O–H groups in total. The van der Waals surface area contributed by atoms with Gasteiger partial charge in [-0.15, -0.1) is 0 Å². The molecule has 0 aliphatic rings. The third-order valence-corrected chi connectivity index (χ3v) is 6.09. The van der Waals surface area contributed by atoms with Crippen LogP contribution in [0, 0.1) is 5.41 Å². The highest BCUT2D eigenvalue weighted by Gasteiger charge is 2.14. The first-order valence-corrected chi connectivity index (χ1v) is 10.8. The van der Waals surface area contributed by atoms with Gasteiger partial charge in [-0.05, 0) is 11.8 Å². The molecule has 0 bridgehead atoms. The molecule has 0 amide bonds. The van der Waals surface area contributed by atoms with Crippen molar-refractivity contribution in [2.45, 2.75) is 117 Å². The Labute approximate surface area is 144 Å². The summed E-state index contributed by atoms with van der Waals surface area (Å²) >= 11 is 3.61. The third-order valence-electron chi connectivity index (χ3n) is 4.57. The molecular formula is C20H41Br. The first-order chi connectivity index (χ1) is 10.1. The van der Waals surface area contributed by atoms with Gasteiger partial charge in [0.25, 0.3) is 0 Å². The first-order valence-electron chi connectivity index (χ1n) is 9.68. The Hall–Kier alpha value is 0.480. The molecule has 0 atom stereocenters. The van der Waals surface area contributed by atoms with Gasteiger partial charge in [-0.1, -0.05) is 127 Å². The Morgan fingerprint density at radius 2 is 0.905 bits per heavy atom. The second kappa shape index (κ2) is 15.4. The highest BCUT2D eigenvalue weighted by Crippen LogP contribution is 2.26. The molecule has 0 aromatic heterocycles. The van der Waals surface area contributed by atoms with E-state index in [1.807, 2.05) is 0 Å². The Morgan fingerprint density at radius 3 is 1.24 bits per heavy atom. The largest absolute Gasteiger partial charge is 0.0922 e. The maximum absolute atomic E-state index is 3.61. The summed E-state index contributed by atoms with van der Waals surface area (Å²) in [5.41, 5.74) is 0.497. The minimum atomic E-state index is 0.497. The van der Waals surface area contributed by atoms with Crippen LogP contribution in [0.2, 0.25) is 0 Å². The summed E-state index contributed by atoms with van der Waals surface area (Å²) in [6.45, 7) is 7.02. The van der Waals surface area contributed by atoms with Crippen molar-refractivity contribution in [2.75, 3.05) is 5.33 Å². The summed E-state index contributed by atoms with van der Waals surface area (Å²) in [6, 6.07) is 0. The Morgan fingerprint density at radius 1 is 0.571 bits per heavy atom. The van der Waals surface area contributed by atoms with E-state index in [4.69, 9.17) is 0 Å². The lowest BCUT2D eigenvalue weighted by Gasteiger charge is -2.21. The average molecular weight is 361 g/mol. The van der Waals surface area contributed by atoms with Crippen LogP contribution in [0.5, 0.6) is 0 Å². The summed E-state index contributed by atoms with van der Waals surface area (Å²) in [4.78, 5) is 0. The molecule has 128 valence electrons. The normalized spacial score (nSPS) is 12.0. The maximum atomic E-state index is 3.61. The number of alkyl halides is 1. The van der Waals surface area contributed by atoms with Gasteiger partial charge in [-0.3, -0.25) is 0 Å². The number of unbranched alkanes of at least 4 members (excludes halogenated alkanes) is 13. The van der Waals surface area contributed by atoms with Crippen molar-refractivity contribution in [1.82, 2.24) is 0 Å². The topological polar surface area (TPSA) is 0 Å². The van der Waals surface area contributed by atoms with Gasteiger partial charge in [0.15, 0.2) is 0 Å². The fourth-order valence-corrected chi connectivity index (χ4v) is 3.15. The summed E-state index contributed by atoms with van der Waals surface area (Å²) in [6.07, 6.45) is 21.7. The zero-order valence-electron chi connectivity index (χ0n) is 15.2. The van der Waals surface area contributed by atoms with Crippen molar-refractivity contribution >= 4 is 15.9 Å². The van der Waals surface area contributed by atoms with E-state index < -0.39 is 0 Å². The van der Waals surface area contributed by atoms with Crippen LogP contribution in [0.1, 0.15) is 117 Å². The number of hydrogen-bond donors (Lipinski definition) is 0. The van der Waals surface area contributed by atoms with Crippen LogP contribution in [0.4, 0.5) is 0 Å². The fourth-order valence-electron chi connectivity index (χ4n) is 2.86. The number of hydrogen-bond acceptors (Lipinski definition) is 0. The third kappa shape index (κ3) is 16.7. The van der Waals surface area contributed by atoms with Crippen molar-refractivity contribution in [3.05, 3.63) is 0 Å². The highest BCUT2D eigenvalue weighted by atomic mass is 79.9. The van der Waals surface area contributed by atoms with Crippen molar-refractivity contribution < 1.29 is 0 Å². The molecule has 0 nitrogen and oxygen atoms in total. The SMILES string of the molecule is CCCCCCCCCCCCCCCCC(C)(C)CBr. The number of rotatable bonds is 16. The van der Waals surface area contributed by atoms with Gasteiger partial charge in [0.1, 0.15) is 0 Å². The molecule has 0 spiro atoms. The molecule has 0 unspecified atom stereocenters. The molecule has 0 heterocycles. The van der Waals surface area contributed by atoms with Crippen LogP contribution in [-0.4, -0.2) is 5.33 Å². The van der Waals surface area contributed by atoms with E-state index in [0.717, 1.165) is 5.33 Å². The van der Waals surface area contributed by atoms with Gasteiger partial charge in [-0.2, -0.15) is 0 Å². The summed E-state index contributed by atoms with van der Waals surface area (Å²) in [7, 11) is 0. The zero-order valence-corrected chi connectivity index (χ0v) is 16.8. The second-order valence-electron chi connectivity index (χ2n) is 7.64. The van der Waals surface area contributed by atoms with E-state index in [0.29, 0.717) is 5.41 Å². The highest BCUT2D eigenvalue weighted by molar-refractivity contribution is 9.09. The van der Waals surface area contributed by atoms with Gasteiger partial charge in [0, 0.05) is 5.33 Å². The summed E-state index contributed by atoms with van der Waals surface area (Å²) in [5.74, 6) is 0. The van der Waals surface area contributed by atoms with Crippen LogP contribution in [0.3, 0.4) is 0 Å². The van der Waals surface area contributed by atoms with Gasteiger partial charge >= 0.3 is 0 Å². The van der Waals surface area contributed by atoms with Crippen molar-refractivity contribution in [1.29, 1.82) is 0 Å². The molecule has 0 rings (SSSR count). The van der Waals surface area contributed by atoms with E-state index in [-0.39, 0.29) is 0 Å². The molecule has 21 heavy (non-hydrogen) atoms. The average Bonchev–Trinajstić information content (AvgIpc) is 2.47. The summed E-state index contributed by atoms with van der Waals surface area (Å²) in [5, 5.41) is 1.14. The number of halogens is 1. The lowest BCUT2D eigenvalue weighted by molar-refractivity contribution is 0.367. The molecule has 0 radical (unpaired) electrons. The minimum Gasteiger partial charge on any atom is -0.0922 e. The quantitative estimate of drug-likeness (QED) is 0.192. The Bertz CT molecular complexity index is 198. The lowest BCUT2D eigenvalue weighted by atomic mass is 9.89. The van der Waals surface area contributed by atoms with Crippen LogP contribution in [0.15, 0.2) is 0 Å². The molecular weight excluding hydrogens is 320 g/mol. The van der Waals surface area contributed by atoms with Crippen LogP contribution < -0.4 is 0 Å². The molecule has 0 aromatic carbocycles. The minimum absolute atomic E-state index is 0.497. The van der Waals surface area contributed by atoms with Crippen LogP contribution in [0.25, 0.3) is 0 Å². The van der Waals surface area contributed by atoms with E-state index in [1.54, 1.807) is 0 Å². The van der Waals surface area contributed by atoms with Crippen molar-refractivity contribution in [2.24, 2.45) is 5.41 Å². The van der Waals surface area contributed by atoms with Crippen LogP contribution >= 0.6 is 15.9 Å². The fraction of sp³-hybridized carbons (Fsp3) is 1.00. The van der Waals surface area contributed by atoms with Crippen molar-refractivity contribution in [3.8, 4) is 0 Å². The predicted molar refractivity (Wildman–Crippen MR) is 103 cm³/mol. The van der Waals surface area contributed by atoms with Crippen molar-refractivity contribution in [3.63, 3.8) is 0 Å². The molecule has 0 saturated heterocycles. The molecule has 0 aliphatic heterocycles. The second-order valence-corrected chi connectivity index (χ2v) is 8.20. The Balaban J connectivity index is 3.06. The standard InChI is InChI=1S/C20H41Br/c1-4-5-6-7-8-9-10-11-12-13-14-15-16-17-18-20(2,3)19-21/h4-19H2,1-3H3. The Kier molecular flexibility index (Phi) is 15.7. The van der Waals surface area contributed by atoms with E-state index in [2.05, 4.69) is 36.7 Å². The summed E-state index contributed by atoms with van der Waals surface area (Å²) < 4.78 is 0. The van der Waals surface area contributed by atoms with Gasteiger partial charge in [0.2, 0.25) is 0 Å². The molecule has 0 aliphatic carbocycles. The smallest absolute Gasteiger partial charge is 0.00826 e. The van der Waals surface area contributed by atoms with E-state index >= 15 is 0 Å². The van der Waals surface area contributed by atoms with Crippen LogP contribution in [-0.2, 0) is 0 Å². The zero-order chi connectivity index (χ0) is 15.8.